The van der Waals surface area contributed by atoms with Crippen LogP contribution in [0.15, 0.2) is 35.7 Å². The van der Waals surface area contributed by atoms with E-state index in [4.69, 9.17) is 22.1 Å². The molecule has 0 radical (unpaired) electrons. The number of benzene rings is 1. The third-order valence-corrected chi connectivity index (χ3v) is 4.29. The van der Waals surface area contributed by atoms with Crippen molar-refractivity contribution in [2.45, 2.75) is 19.6 Å². The Labute approximate surface area is 116 Å². The third kappa shape index (κ3) is 3.12. The lowest BCUT2D eigenvalue weighted by Gasteiger charge is -2.16. The fourth-order valence-electron chi connectivity index (χ4n) is 1.77. The molecule has 1 aromatic heterocycles. The van der Waals surface area contributed by atoms with Gasteiger partial charge in [-0.25, -0.2) is 0 Å². The molecule has 2 rings (SSSR count). The van der Waals surface area contributed by atoms with Gasteiger partial charge >= 0.3 is 0 Å². The van der Waals surface area contributed by atoms with Crippen molar-refractivity contribution < 1.29 is 4.74 Å². The van der Waals surface area contributed by atoms with Gasteiger partial charge in [0.1, 0.15) is 6.10 Å². The van der Waals surface area contributed by atoms with Crippen LogP contribution < -0.4 is 5.73 Å². The highest BCUT2D eigenvalue weighted by molar-refractivity contribution is 7.10. The Bertz CT molecular complexity index is 512. The van der Waals surface area contributed by atoms with Crippen molar-refractivity contribution >= 4 is 22.9 Å². The second-order valence-corrected chi connectivity index (χ2v) is 5.45. The number of nitrogens with two attached hydrogens (primary N) is 1. The second kappa shape index (κ2) is 6.34. The van der Waals surface area contributed by atoms with Gasteiger partial charge in [0.25, 0.3) is 0 Å². The van der Waals surface area contributed by atoms with E-state index in [0.29, 0.717) is 13.2 Å². The number of ether oxygens (including phenoxy) is 1. The van der Waals surface area contributed by atoms with E-state index in [1.54, 1.807) is 11.3 Å². The Morgan fingerprint density at radius 2 is 2.11 bits per heavy atom. The lowest BCUT2D eigenvalue weighted by atomic mass is 10.2. The molecule has 0 fully saturated rings. The predicted molar refractivity (Wildman–Crippen MR) is 77.1 cm³/mol. The van der Waals surface area contributed by atoms with Crippen molar-refractivity contribution in [3.8, 4) is 0 Å². The lowest BCUT2D eigenvalue weighted by Crippen LogP contribution is -2.15. The van der Waals surface area contributed by atoms with Crippen LogP contribution in [0.25, 0.3) is 0 Å². The van der Waals surface area contributed by atoms with E-state index in [9.17, 15) is 0 Å². The first-order valence-electron chi connectivity index (χ1n) is 5.81. The summed E-state index contributed by atoms with van der Waals surface area (Å²) in [4.78, 5) is 1.20. The Morgan fingerprint density at radius 1 is 1.33 bits per heavy atom. The maximum absolute atomic E-state index is 6.10. The number of halogens is 1. The fraction of sp³-hybridized carbons (Fsp3) is 0.286. The number of aryl methyl sites for hydroxylation is 1. The van der Waals surface area contributed by atoms with Crippen molar-refractivity contribution in [1.82, 2.24) is 0 Å². The average molecular weight is 282 g/mol. The van der Waals surface area contributed by atoms with E-state index in [2.05, 4.69) is 18.4 Å². The topological polar surface area (TPSA) is 35.2 Å². The zero-order valence-corrected chi connectivity index (χ0v) is 11.8. The highest BCUT2D eigenvalue weighted by atomic mass is 35.5. The molecule has 96 valence electrons. The quantitative estimate of drug-likeness (QED) is 0.901. The number of thiophene rings is 1. The van der Waals surface area contributed by atoms with Crippen LogP contribution in [0.1, 0.15) is 22.1 Å². The molecule has 2 aromatic rings. The summed E-state index contributed by atoms with van der Waals surface area (Å²) in [6, 6.07) is 9.79. The van der Waals surface area contributed by atoms with Gasteiger partial charge in [-0.3, -0.25) is 0 Å². The summed E-state index contributed by atoms with van der Waals surface area (Å²) in [6.45, 7) is 3.04. The van der Waals surface area contributed by atoms with Gasteiger partial charge in [-0.05, 0) is 35.6 Å². The predicted octanol–water partition coefficient (Wildman–Crippen LogP) is 3.93. The Kier molecular flexibility index (Phi) is 4.78. The van der Waals surface area contributed by atoms with Crippen LogP contribution in [-0.2, 0) is 11.3 Å². The maximum atomic E-state index is 6.10. The molecule has 0 aliphatic carbocycles. The first-order chi connectivity index (χ1) is 8.72. The van der Waals surface area contributed by atoms with Gasteiger partial charge in [0.15, 0.2) is 0 Å². The average Bonchev–Trinajstić information content (AvgIpc) is 2.79. The van der Waals surface area contributed by atoms with E-state index >= 15 is 0 Å². The minimum absolute atomic E-state index is 0.0544. The Hall–Kier alpha value is -0.870. The molecule has 18 heavy (non-hydrogen) atoms. The molecule has 0 aliphatic heterocycles. The molecule has 1 atom stereocenters. The van der Waals surface area contributed by atoms with Crippen LogP contribution in [0.3, 0.4) is 0 Å². The van der Waals surface area contributed by atoms with Crippen LogP contribution in [0.2, 0.25) is 5.02 Å². The monoisotopic (exact) mass is 281 g/mol. The van der Waals surface area contributed by atoms with Crippen molar-refractivity contribution in [2.24, 2.45) is 5.73 Å². The summed E-state index contributed by atoms with van der Waals surface area (Å²) in [5, 5.41) is 2.79. The molecule has 0 bridgehead atoms. The minimum atomic E-state index is -0.0544. The SMILES string of the molecule is Cc1ccsc1C(CN)OCc1ccccc1Cl. The summed E-state index contributed by atoms with van der Waals surface area (Å²) in [7, 11) is 0. The second-order valence-electron chi connectivity index (χ2n) is 4.09. The number of hydrogen-bond donors (Lipinski definition) is 1. The van der Waals surface area contributed by atoms with Gasteiger partial charge in [0.05, 0.1) is 6.61 Å². The maximum Gasteiger partial charge on any atom is 0.105 e. The molecule has 0 aliphatic rings. The van der Waals surface area contributed by atoms with Gasteiger partial charge in [0.2, 0.25) is 0 Å². The molecular weight excluding hydrogens is 266 g/mol. The van der Waals surface area contributed by atoms with Crippen LogP contribution in [0.4, 0.5) is 0 Å². The van der Waals surface area contributed by atoms with Gasteiger partial charge in [0, 0.05) is 16.4 Å². The molecular formula is C14H16ClNOS. The van der Waals surface area contributed by atoms with Crippen molar-refractivity contribution in [3.05, 3.63) is 56.7 Å². The first kappa shape index (κ1) is 13.6. The normalized spacial score (nSPS) is 12.6. The van der Waals surface area contributed by atoms with Gasteiger partial charge in [-0.15, -0.1) is 11.3 Å². The Balaban J connectivity index is 2.05. The smallest absolute Gasteiger partial charge is 0.105 e. The number of hydrogen-bond acceptors (Lipinski definition) is 3. The zero-order valence-electron chi connectivity index (χ0n) is 10.2. The lowest BCUT2D eigenvalue weighted by molar-refractivity contribution is 0.0477. The Morgan fingerprint density at radius 3 is 2.72 bits per heavy atom. The minimum Gasteiger partial charge on any atom is -0.367 e. The van der Waals surface area contributed by atoms with Crippen molar-refractivity contribution in [1.29, 1.82) is 0 Å². The van der Waals surface area contributed by atoms with E-state index in [1.165, 1.54) is 10.4 Å². The summed E-state index contributed by atoms with van der Waals surface area (Å²) in [5.74, 6) is 0. The van der Waals surface area contributed by atoms with E-state index < -0.39 is 0 Å². The fourth-order valence-corrected chi connectivity index (χ4v) is 2.95. The summed E-state index contributed by atoms with van der Waals surface area (Å²) < 4.78 is 5.88. The van der Waals surface area contributed by atoms with Crippen LogP contribution in [0.5, 0.6) is 0 Å². The molecule has 0 amide bonds. The van der Waals surface area contributed by atoms with E-state index in [-0.39, 0.29) is 6.10 Å². The van der Waals surface area contributed by atoms with Gasteiger partial charge in [-0.2, -0.15) is 0 Å². The molecule has 0 saturated heterocycles. The van der Waals surface area contributed by atoms with Crippen LogP contribution in [-0.4, -0.2) is 6.54 Å². The molecule has 1 aromatic carbocycles. The molecule has 0 spiro atoms. The zero-order chi connectivity index (χ0) is 13.0. The summed E-state index contributed by atoms with van der Waals surface area (Å²) >= 11 is 7.78. The molecule has 1 heterocycles. The number of rotatable bonds is 5. The molecule has 2 N–H and O–H groups in total. The van der Waals surface area contributed by atoms with Crippen molar-refractivity contribution in [3.63, 3.8) is 0 Å². The molecule has 0 saturated carbocycles. The third-order valence-electron chi connectivity index (χ3n) is 2.81. The molecule has 1 unspecified atom stereocenters. The molecule has 4 heteroatoms. The summed E-state index contributed by atoms with van der Waals surface area (Å²) in [5.41, 5.74) is 8.01. The van der Waals surface area contributed by atoms with Gasteiger partial charge < -0.3 is 10.5 Å². The van der Waals surface area contributed by atoms with E-state index in [1.807, 2.05) is 24.3 Å². The van der Waals surface area contributed by atoms with Crippen LogP contribution >= 0.6 is 22.9 Å². The highest BCUT2D eigenvalue weighted by Gasteiger charge is 2.14. The van der Waals surface area contributed by atoms with Crippen LogP contribution in [0, 0.1) is 6.92 Å². The van der Waals surface area contributed by atoms with Crippen molar-refractivity contribution in [2.75, 3.05) is 6.54 Å². The first-order valence-corrected chi connectivity index (χ1v) is 7.07. The summed E-state index contributed by atoms with van der Waals surface area (Å²) in [6.07, 6.45) is -0.0544. The molecule has 2 nitrogen and oxygen atoms in total. The largest absolute Gasteiger partial charge is 0.367 e. The standard InChI is InChI=1S/C14H16ClNOS/c1-10-6-7-18-14(10)13(8-16)17-9-11-4-2-3-5-12(11)15/h2-7,13H,8-9,16H2,1H3. The van der Waals surface area contributed by atoms with Gasteiger partial charge in [-0.1, -0.05) is 29.8 Å². The highest BCUT2D eigenvalue weighted by Crippen LogP contribution is 2.27. The van der Waals surface area contributed by atoms with E-state index in [0.717, 1.165) is 10.6 Å².